The molecule has 0 saturated carbocycles. The van der Waals surface area contributed by atoms with Gasteiger partial charge >= 0.3 is 5.97 Å². The SMILES string of the molecule is O=C(CCc1cccc(Cl)c1Cl)OCCCn1cccn1. The zero-order chi connectivity index (χ0) is 15.1. The lowest BCUT2D eigenvalue weighted by Gasteiger charge is -2.07. The van der Waals surface area contributed by atoms with Crippen molar-refractivity contribution in [2.24, 2.45) is 0 Å². The van der Waals surface area contributed by atoms with Crippen LogP contribution in [0.3, 0.4) is 0 Å². The van der Waals surface area contributed by atoms with E-state index in [1.807, 2.05) is 24.4 Å². The Morgan fingerprint density at radius 3 is 2.90 bits per heavy atom. The maximum atomic E-state index is 11.7. The normalized spacial score (nSPS) is 10.6. The van der Waals surface area contributed by atoms with Gasteiger partial charge in [-0.3, -0.25) is 9.48 Å². The first-order chi connectivity index (χ1) is 10.2. The van der Waals surface area contributed by atoms with Gasteiger partial charge in [-0.2, -0.15) is 5.10 Å². The minimum absolute atomic E-state index is 0.230. The zero-order valence-electron chi connectivity index (χ0n) is 11.5. The molecule has 0 N–H and O–H groups in total. The number of ether oxygens (including phenoxy) is 1. The average Bonchev–Trinajstić information content (AvgIpc) is 2.98. The monoisotopic (exact) mass is 326 g/mol. The van der Waals surface area contributed by atoms with Crippen LogP contribution in [0.1, 0.15) is 18.4 Å². The molecule has 2 rings (SSSR count). The van der Waals surface area contributed by atoms with E-state index < -0.39 is 0 Å². The molecule has 21 heavy (non-hydrogen) atoms. The van der Waals surface area contributed by atoms with Gasteiger partial charge in [-0.25, -0.2) is 0 Å². The topological polar surface area (TPSA) is 44.1 Å². The number of nitrogens with zero attached hydrogens (tertiary/aromatic N) is 2. The fourth-order valence-electron chi connectivity index (χ4n) is 1.90. The van der Waals surface area contributed by atoms with Crippen molar-refractivity contribution in [1.29, 1.82) is 0 Å². The number of aromatic nitrogens is 2. The molecule has 0 atom stereocenters. The molecule has 1 aromatic carbocycles. The van der Waals surface area contributed by atoms with E-state index in [9.17, 15) is 4.79 Å². The number of aryl methyl sites for hydroxylation is 2. The van der Waals surface area contributed by atoms with Crippen LogP contribution in [-0.2, 0) is 22.5 Å². The smallest absolute Gasteiger partial charge is 0.306 e. The molecule has 2 aromatic rings. The molecule has 1 heterocycles. The Hall–Kier alpha value is -1.52. The van der Waals surface area contributed by atoms with Crippen molar-refractivity contribution >= 4 is 29.2 Å². The van der Waals surface area contributed by atoms with Crippen molar-refractivity contribution in [2.45, 2.75) is 25.8 Å². The summed E-state index contributed by atoms with van der Waals surface area (Å²) in [6.07, 6.45) is 5.16. The number of esters is 1. The summed E-state index contributed by atoms with van der Waals surface area (Å²) >= 11 is 12.0. The van der Waals surface area contributed by atoms with Gasteiger partial charge in [0.2, 0.25) is 0 Å². The summed E-state index contributed by atoms with van der Waals surface area (Å²) in [4.78, 5) is 11.7. The van der Waals surface area contributed by atoms with Gasteiger partial charge in [-0.05, 0) is 24.1 Å². The van der Waals surface area contributed by atoms with E-state index in [0.717, 1.165) is 18.5 Å². The fraction of sp³-hybridized carbons (Fsp3) is 0.333. The molecular formula is C15H16Cl2N2O2. The Labute approximate surface area is 133 Å². The number of hydrogen-bond acceptors (Lipinski definition) is 3. The zero-order valence-corrected chi connectivity index (χ0v) is 13.0. The maximum absolute atomic E-state index is 11.7. The van der Waals surface area contributed by atoms with Gasteiger partial charge < -0.3 is 4.74 Å². The Balaban J connectivity index is 1.66. The summed E-state index contributed by atoms with van der Waals surface area (Å²) in [5.74, 6) is -0.230. The van der Waals surface area contributed by atoms with E-state index in [1.165, 1.54) is 0 Å². The summed E-state index contributed by atoms with van der Waals surface area (Å²) in [6, 6.07) is 7.26. The van der Waals surface area contributed by atoms with E-state index in [4.69, 9.17) is 27.9 Å². The molecule has 112 valence electrons. The molecule has 0 spiro atoms. The average molecular weight is 327 g/mol. The Morgan fingerprint density at radius 1 is 1.29 bits per heavy atom. The van der Waals surface area contributed by atoms with E-state index in [-0.39, 0.29) is 5.97 Å². The predicted molar refractivity (Wildman–Crippen MR) is 82.6 cm³/mol. The Bertz CT molecular complexity index is 585. The van der Waals surface area contributed by atoms with E-state index >= 15 is 0 Å². The van der Waals surface area contributed by atoms with Gasteiger partial charge in [-0.1, -0.05) is 35.3 Å². The third kappa shape index (κ3) is 5.06. The fourth-order valence-corrected chi connectivity index (χ4v) is 2.31. The highest BCUT2D eigenvalue weighted by Gasteiger charge is 2.08. The van der Waals surface area contributed by atoms with Gasteiger partial charge in [0.05, 0.1) is 16.7 Å². The molecule has 0 amide bonds. The molecule has 0 unspecified atom stereocenters. The highest BCUT2D eigenvalue weighted by atomic mass is 35.5. The van der Waals surface area contributed by atoms with E-state index in [1.54, 1.807) is 16.9 Å². The molecule has 1 aromatic heterocycles. The second kappa shape index (κ2) is 8.05. The molecule has 0 saturated heterocycles. The number of halogens is 2. The van der Waals surface area contributed by atoms with Crippen molar-refractivity contribution in [3.05, 3.63) is 52.3 Å². The molecule has 4 nitrogen and oxygen atoms in total. The van der Waals surface area contributed by atoms with Gasteiger partial charge in [0.1, 0.15) is 0 Å². The number of hydrogen-bond donors (Lipinski definition) is 0. The Morgan fingerprint density at radius 2 is 2.14 bits per heavy atom. The van der Waals surface area contributed by atoms with Crippen LogP contribution >= 0.6 is 23.2 Å². The van der Waals surface area contributed by atoms with Gasteiger partial charge in [-0.15, -0.1) is 0 Å². The van der Waals surface area contributed by atoms with Crippen LogP contribution in [0, 0.1) is 0 Å². The molecule has 0 aliphatic rings. The van der Waals surface area contributed by atoms with Gasteiger partial charge in [0.15, 0.2) is 0 Å². The summed E-state index contributed by atoms with van der Waals surface area (Å²) < 4.78 is 6.98. The summed E-state index contributed by atoms with van der Waals surface area (Å²) in [6.45, 7) is 1.13. The molecule has 0 aliphatic heterocycles. The second-order valence-corrected chi connectivity index (χ2v) is 5.34. The number of carbonyl (C=O) groups is 1. The molecular weight excluding hydrogens is 311 g/mol. The lowest BCUT2D eigenvalue weighted by molar-refractivity contribution is -0.143. The van der Waals surface area contributed by atoms with Gasteiger partial charge in [0, 0.05) is 31.8 Å². The largest absolute Gasteiger partial charge is 0.466 e. The predicted octanol–water partition coefficient (Wildman–Crippen LogP) is 3.76. The third-order valence-electron chi connectivity index (χ3n) is 2.98. The van der Waals surface area contributed by atoms with Crippen LogP contribution in [-0.4, -0.2) is 22.4 Å². The molecule has 6 heteroatoms. The maximum Gasteiger partial charge on any atom is 0.306 e. The highest BCUT2D eigenvalue weighted by Crippen LogP contribution is 2.26. The van der Waals surface area contributed by atoms with Crippen LogP contribution in [0.25, 0.3) is 0 Å². The summed E-state index contributed by atoms with van der Waals surface area (Å²) in [5.41, 5.74) is 0.859. The van der Waals surface area contributed by atoms with Crippen LogP contribution < -0.4 is 0 Å². The summed E-state index contributed by atoms with van der Waals surface area (Å²) in [7, 11) is 0. The van der Waals surface area contributed by atoms with Gasteiger partial charge in [0.25, 0.3) is 0 Å². The van der Waals surface area contributed by atoms with E-state index in [0.29, 0.717) is 29.5 Å². The minimum Gasteiger partial charge on any atom is -0.466 e. The highest BCUT2D eigenvalue weighted by molar-refractivity contribution is 6.42. The Kier molecular flexibility index (Phi) is 6.08. The minimum atomic E-state index is -0.230. The number of rotatable bonds is 7. The lowest BCUT2D eigenvalue weighted by Crippen LogP contribution is -2.09. The van der Waals surface area contributed by atoms with Crippen LogP contribution in [0.2, 0.25) is 10.0 Å². The first kappa shape index (κ1) is 15.9. The third-order valence-corrected chi connectivity index (χ3v) is 3.84. The quantitative estimate of drug-likeness (QED) is 0.574. The van der Waals surface area contributed by atoms with Crippen molar-refractivity contribution in [3.8, 4) is 0 Å². The number of carbonyl (C=O) groups excluding carboxylic acids is 1. The first-order valence-corrected chi connectivity index (χ1v) is 7.48. The van der Waals surface area contributed by atoms with Crippen molar-refractivity contribution in [2.75, 3.05) is 6.61 Å². The molecule has 0 fully saturated rings. The standard InChI is InChI=1S/C15H16Cl2N2O2/c16-13-5-1-4-12(15(13)17)6-7-14(20)21-11-3-10-19-9-2-8-18-19/h1-2,4-5,8-9H,3,6-7,10-11H2. The molecule has 0 bridgehead atoms. The van der Waals surface area contributed by atoms with Crippen LogP contribution in [0.4, 0.5) is 0 Å². The van der Waals surface area contributed by atoms with Crippen molar-refractivity contribution in [1.82, 2.24) is 9.78 Å². The van der Waals surface area contributed by atoms with Crippen LogP contribution in [0.5, 0.6) is 0 Å². The molecule has 0 aliphatic carbocycles. The summed E-state index contributed by atoms with van der Waals surface area (Å²) in [5, 5.41) is 5.08. The van der Waals surface area contributed by atoms with Crippen LogP contribution in [0.15, 0.2) is 36.7 Å². The van der Waals surface area contributed by atoms with E-state index in [2.05, 4.69) is 5.10 Å². The molecule has 0 radical (unpaired) electrons. The van der Waals surface area contributed by atoms with Crippen molar-refractivity contribution in [3.63, 3.8) is 0 Å². The first-order valence-electron chi connectivity index (χ1n) is 6.73. The second-order valence-electron chi connectivity index (χ2n) is 4.56. The lowest BCUT2D eigenvalue weighted by atomic mass is 10.1. The number of benzene rings is 1. The van der Waals surface area contributed by atoms with Crippen molar-refractivity contribution < 1.29 is 9.53 Å².